The van der Waals surface area contributed by atoms with Gasteiger partial charge in [0.15, 0.2) is 11.5 Å². The number of benzene rings is 1. The lowest BCUT2D eigenvalue weighted by atomic mass is 10.1. The second-order valence-corrected chi connectivity index (χ2v) is 5.63. The molecule has 0 radical (unpaired) electrons. The highest BCUT2D eigenvalue weighted by Gasteiger charge is 2.15. The molecule has 6 heteroatoms. The third-order valence-electron chi connectivity index (χ3n) is 3.72. The minimum absolute atomic E-state index is 0.316. The SMILES string of the molecule is Cc1cc(NC(=O)c2cc(C)n(-c3ccc(C)c(C)c3)n2)no1. The Kier molecular flexibility index (Phi) is 3.73. The van der Waals surface area contributed by atoms with Crippen LogP contribution in [0, 0.1) is 27.7 Å². The minimum Gasteiger partial charge on any atom is -0.360 e. The van der Waals surface area contributed by atoms with E-state index in [-0.39, 0.29) is 5.91 Å². The molecular weight excluding hydrogens is 292 g/mol. The number of nitrogens with one attached hydrogen (secondary N) is 1. The molecule has 0 spiro atoms. The molecule has 0 unspecified atom stereocenters. The van der Waals surface area contributed by atoms with E-state index in [4.69, 9.17) is 4.52 Å². The Morgan fingerprint density at radius 1 is 1.09 bits per heavy atom. The molecule has 3 rings (SSSR count). The van der Waals surface area contributed by atoms with E-state index in [1.165, 1.54) is 11.1 Å². The molecule has 0 fully saturated rings. The minimum atomic E-state index is -0.316. The zero-order valence-electron chi connectivity index (χ0n) is 13.5. The second kappa shape index (κ2) is 5.72. The van der Waals surface area contributed by atoms with Crippen molar-refractivity contribution in [2.24, 2.45) is 0 Å². The van der Waals surface area contributed by atoms with E-state index in [2.05, 4.69) is 35.5 Å². The van der Waals surface area contributed by atoms with Crippen LogP contribution in [0.3, 0.4) is 0 Å². The monoisotopic (exact) mass is 310 g/mol. The van der Waals surface area contributed by atoms with Crippen molar-refractivity contribution >= 4 is 11.7 Å². The number of amides is 1. The largest absolute Gasteiger partial charge is 0.360 e. The van der Waals surface area contributed by atoms with Gasteiger partial charge in [0.25, 0.3) is 5.91 Å². The summed E-state index contributed by atoms with van der Waals surface area (Å²) in [7, 11) is 0. The number of hydrogen-bond acceptors (Lipinski definition) is 4. The Labute approximate surface area is 134 Å². The van der Waals surface area contributed by atoms with Crippen LogP contribution in [0.4, 0.5) is 5.82 Å². The van der Waals surface area contributed by atoms with Crippen LogP contribution in [0.1, 0.15) is 33.1 Å². The highest BCUT2D eigenvalue weighted by atomic mass is 16.5. The Hall–Kier alpha value is -2.89. The molecule has 6 nitrogen and oxygen atoms in total. The maximum absolute atomic E-state index is 12.3. The summed E-state index contributed by atoms with van der Waals surface area (Å²) in [6.45, 7) is 7.80. The van der Waals surface area contributed by atoms with Crippen molar-refractivity contribution in [3.8, 4) is 5.69 Å². The zero-order valence-corrected chi connectivity index (χ0v) is 13.5. The van der Waals surface area contributed by atoms with Crippen LogP contribution in [0.2, 0.25) is 0 Å². The Bertz CT molecular complexity index is 877. The second-order valence-electron chi connectivity index (χ2n) is 5.63. The number of hydrogen-bond donors (Lipinski definition) is 1. The molecular formula is C17H18N4O2. The van der Waals surface area contributed by atoms with Gasteiger partial charge in [0.1, 0.15) is 5.76 Å². The van der Waals surface area contributed by atoms with Crippen molar-refractivity contribution in [1.82, 2.24) is 14.9 Å². The molecule has 0 aliphatic heterocycles. The Morgan fingerprint density at radius 2 is 1.87 bits per heavy atom. The number of carbonyl (C=O) groups excluding carboxylic acids is 1. The van der Waals surface area contributed by atoms with E-state index >= 15 is 0 Å². The van der Waals surface area contributed by atoms with Crippen LogP contribution in [-0.4, -0.2) is 20.8 Å². The molecule has 0 atom stereocenters. The van der Waals surface area contributed by atoms with Crippen molar-refractivity contribution in [2.45, 2.75) is 27.7 Å². The van der Waals surface area contributed by atoms with Gasteiger partial charge < -0.3 is 9.84 Å². The summed E-state index contributed by atoms with van der Waals surface area (Å²) in [6.07, 6.45) is 0. The number of carbonyl (C=O) groups is 1. The summed E-state index contributed by atoms with van der Waals surface area (Å²) in [6, 6.07) is 9.50. The van der Waals surface area contributed by atoms with E-state index in [0.29, 0.717) is 17.3 Å². The molecule has 0 aliphatic carbocycles. The van der Waals surface area contributed by atoms with Crippen LogP contribution < -0.4 is 5.32 Å². The van der Waals surface area contributed by atoms with Crippen LogP contribution in [-0.2, 0) is 0 Å². The fourth-order valence-corrected chi connectivity index (χ4v) is 2.31. The van der Waals surface area contributed by atoms with Gasteiger partial charge in [-0.1, -0.05) is 11.2 Å². The molecule has 1 N–H and O–H groups in total. The number of nitrogens with zero attached hydrogens (tertiary/aromatic N) is 3. The molecule has 0 aliphatic rings. The highest BCUT2D eigenvalue weighted by molar-refractivity contribution is 6.02. The van der Waals surface area contributed by atoms with Crippen LogP contribution in [0.5, 0.6) is 0 Å². The van der Waals surface area contributed by atoms with Gasteiger partial charge in [-0.05, 0) is 57.0 Å². The Morgan fingerprint density at radius 3 is 2.52 bits per heavy atom. The number of rotatable bonds is 3. The summed E-state index contributed by atoms with van der Waals surface area (Å²) in [4.78, 5) is 12.3. The lowest BCUT2D eigenvalue weighted by molar-refractivity contribution is 0.102. The molecule has 118 valence electrons. The quantitative estimate of drug-likeness (QED) is 0.805. The number of aryl methyl sites for hydroxylation is 4. The molecule has 2 heterocycles. The summed E-state index contributed by atoms with van der Waals surface area (Å²) in [5.41, 5.74) is 4.55. The molecule has 0 saturated carbocycles. The van der Waals surface area contributed by atoms with Crippen LogP contribution in [0.25, 0.3) is 5.69 Å². The predicted molar refractivity (Wildman–Crippen MR) is 87.0 cm³/mol. The van der Waals surface area contributed by atoms with Crippen molar-refractivity contribution < 1.29 is 9.32 Å². The lowest BCUT2D eigenvalue weighted by Gasteiger charge is -2.07. The first-order chi connectivity index (χ1) is 10.9. The van der Waals surface area contributed by atoms with Gasteiger partial charge >= 0.3 is 0 Å². The zero-order chi connectivity index (χ0) is 16.6. The summed E-state index contributed by atoms with van der Waals surface area (Å²) in [5.74, 6) is 0.701. The molecule has 23 heavy (non-hydrogen) atoms. The summed E-state index contributed by atoms with van der Waals surface area (Å²) in [5, 5.41) is 10.8. The summed E-state index contributed by atoms with van der Waals surface area (Å²) >= 11 is 0. The van der Waals surface area contributed by atoms with E-state index in [1.807, 2.05) is 19.1 Å². The molecule has 0 bridgehead atoms. The molecule has 1 aromatic carbocycles. The maximum Gasteiger partial charge on any atom is 0.277 e. The Balaban J connectivity index is 1.88. The normalized spacial score (nSPS) is 10.8. The van der Waals surface area contributed by atoms with Crippen LogP contribution in [0.15, 0.2) is 34.9 Å². The van der Waals surface area contributed by atoms with Crippen molar-refractivity contribution in [1.29, 1.82) is 0 Å². The smallest absolute Gasteiger partial charge is 0.277 e. The fraction of sp³-hybridized carbons (Fsp3) is 0.235. The first kappa shape index (κ1) is 15.0. The van der Waals surface area contributed by atoms with E-state index in [0.717, 1.165) is 11.4 Å². The van der Waals surface area contributed by atoms with Crippen molar-refractivity contribution in [3.05, 3.63) is 58.6 Å². The number of aromatic nitrogens is 3. The van der Waals surface area contributed by atoms with Crippen molar-refractivity contribution in [2.75, 3.05) is 5.32 Å². The van der Waals surface area contributed by atoms with Crippen LogP contribution >= 0.6 is 0 Å². The first-order valence-electron chi connectivity index (χ1n) is 7.33. The topological polar surface area (TPSA) is 73.0 Å². The van der Waals surface area contributed by atoms with Gasteiger partial charge in [-0.25, -0.2) is 4.68 Å². The molecule has 2 aromatic heterocycles. The fourth-order valence-electron chi connectivity index (χ4n) is 2.31. The number of anilines is 1. The molecule has 3 aromatic rings. The van der Waals surface area contributed by atoms with Gasteiger partial charge in [-0.15, -0.1) is 0 Å². The molecule has 0 saturated heterocycles. The summed E-state index contributed by atoms with van der Waals surface area (Å²) < 4.78 is 6.69. The maximum atomic E-state index is 12.3. The molecule has 1 amide bonds. The van der Waals surface area contributed by atoms with Gasteiger partial charge in [-0.3, -0.25) is 4.79 Å². The average molecular weight is 310 g/mol. The van der Waals surface area contributed by atoms with Gasteiger partial charge in [0, 0.05) is 11.8 Å². The lowest BCUT2D eigenvalue weighted by Crippen LogP contribution is -2.13. The van der Waals surface area contributed by atoms with E-state index < -0.39 is 0 Å². The van der Waals surface area contributed by atoms with Crippen molar-refractivity contribution in [3.63, 3.8) is 0 Å². The van der Waals surface area contributed by atoms with E-state index in [1.54, 1.807) is 23.7 Å². The average Bonchev–Trinajstić information content (AvgIpc) is 3.08. The highest BCUT2D eigenvalue weighted by Crippen LogP contribution is 2.17. The third kappa shape index (κ3) is 3.01. The first-order valence-corrected chi connectivity index (χ1v) is 7.33. The predicted octanol–water partition coefficient (Wildman–Crippen LogP) is 3.35. The van der Waals surface area contributed by atoms with Gasteiger partial charge in [-0.2, -0.15) is 5.10 Å². The van der Waals surface area contributed by atoms with E-state index in [9.17, 15) is 4.79 Å². The van der Waals surface area contributed by atoms with Gasteiger partial charge in [0.2, 0.25) is 0 Å². The third-order valence-corrected chi connectivity index (χ3v) is 3.72. The van der Waals surface area contributed by atoms with Gasteiger partial charge in [0.05, 0.1) is 5.69 Å². The standard InChI is InChI=1S/C17H18N4O2/c1-10-5-6-14(7-11(10)2)21-12(3)8-15(19-21)17(22)18-16-9-13(4)23-20-16/h5-9H,1-4H3,(H,18,20,22).